The van der Waals surface area contributed by atoms with Crippen LogP contribution in [0.3, 0.4) is 0 Å². The first-order chi connectivity index (χ1) is 5.22. The summed E-state index contributed by atoms with van der Waals surface area (Å²) < 4.78 is 0. The van der Waals surface area contributed by atoms with Crippen molar-refractivity contribution in [1.82, 2.24) is 4.90 Å². The Morgan fingerprint density at radius 1 is 1.82 bits per heavy atom. The second-order valence-corrected chi connectivity index (χ2v) is 2.74. The van der Waals surface area contributed by atoms with E-state index in [0.29, 0.717) is 6.54 Å². The van der Waals surface area contributed by atoms with Crippen molar-refractivity contribution in [2.45, 2.75) is 6.42 Å². The van der Waals surface area contributed by atoms with Crippen molar-refractivity contribution in [2.75, 3.05) is 19.6 Å². The van der Waals surface area contributed by atoms with Crippen molar-refractivity contribution in [3.05, 3.63) is 0 Å². The van der Waals surface area contributed by atoms with Gasteiger partial charge in [0.1, 0.15) is 0 Å². The van der Waals surface area contributed by atoms with Gasteiger partial charge in [-0.2, -0.15) is 5.26 Å². The van der Waals surface area contributed by atoms with Crippen molar-refractivity contribution >= 4 is 5.97 Å². The first-order valence-electron chi connectivity index (χ1n) is 3.56. The second kappa shape index (κ2) is 3.35. The van der Waals surface area contributed by atoms with Gasteiger partial charge in [-0.15, -0.1) is 0 Å². The van der Waals surface area contributed by atoms with Crippen LogP contribution in [0.25, 0.3) is 0 Å². The fourth-order valence-corrected chi connectivity index (χ4v) is 1.27. The Balaban J connectivity index is 2.31. The molecule has 0 amide bonds. The number of hydrogen-bond acceptors (Lipinski definition) is 3. The summed E-state index contributed by atoms with van der Waals surface area (Å²) in [5, 5.41) is 16.9. The molecule has 4 heteroatoms. The predicted octanol–water partition coefficient (Wildman–Crippen LogP) is -0.0835. The third kappa shape index (κ3) is 2.20. The molecule has 11 heavy (non-hydrogen) atoms. The van der Waals surface area contributed by atoms with Gasteiger partial charge in [0, 0.05) is 13.1 Å². The van der Waals surface area contributed by atoms with E-state index >= 15 is 0 Å². The lowest BCUT2D eigenvalue weighted by Crippen LogP contribution is -2.27. The van der Waals surface area contributed by atoms with E-state index < -0.39 is 5.97 Å². The van der Waals surface area contributed by atoms with Crippen molar-refractivity contribution in [2.24, 2.45) is 5.92 Å². The van der Waals surface area contributed by atoms with E-state index in [2.05, 4.69) is 6.07 Å². The molecule has 1 heterocycles. The Kier molecular flexibility index (Phi) is 2.44. The van der Waals surface area contributed by atoms with Crippen LogP contribution in [0.2, 0.25) is 0 Å². The van der Waals surface area contributed by atoms with E-state index in [1.54, 1.807) is 4.90 Å². The summed E-state index contributed by atoms with van der Waals surface area (Å²) in [6, 6.07) is 2.13. The minimum Gasteiger partial charge on any atom is -0.480 e. The summed E-state index contributed by atoms with van der Waals surface area (Å²) in [6.45, 7) is 1.42. The molecule has 0 aliphatic carbocycles. The fourth-order valence-electron chi connectivity index (χ4n) is 1.27. The third-order valence-electron chi connectivity index (χ3n) is 1.81. The highest BCUT2D eigenvalue weighted by Crippen LogP contribution is 2.13. The zero-order chi connectivity index (χ0) is 8.27. The Bertz CT molecular complexity index is 197. The van der Waals surface area contributed by atoms with Crippen LogP contribution in [0.4, 0.5) is 0 Å². The minimum absolute atomic E-state index is 0.0364. The van der Waals surface area contributed by atoms with Crippen LogP contribution in [0.1, 0.15) is 6.42 Å². The molecule has 0 aromatic carbocycles. The number of nitrogens with zero attached hydrogens (tertiary/aromatic N) is 2. The van der Waals surface area contributed by atoms with Crippen molar-refractivity contribution in [3.8, 4) is 6.07 Å². The van der Waals surface area contributed by atoms with Crippen LogP contribution < -0.4 is 0 Å². The molecule has 4 nitrogen and oxygen atoms in total. The zero-order valence-corrected chi connectivity index (χ0v) is 6.16. The molecule has 1 N–H and O–H groups in total. The van der Waals surface area contributed by atoms with Gasteiger partial charge in [0.25, 0.3) is 0 Å². The van der Waals surface area contributed by atoms with Gasteiger partial charge in [-0.3, -0.25) is 9.69 Å². The molecule has 0 aromatic rings. The maximum atomic E-state index is 10.2. The van der Waals surface area contributed by atoms with Crippen LogP contribution in [0.5, 0.6) is 0 Å². The fraction of sp³-hybridized carbons (Fsp3) is 0.714. The summed E-state index contributed by atoms with van der Waals surface area (Å²) in [5.74, 6) is -0.780. The molecule has 0 radical (unpaired) electrons. The molecule has 1 unspecified atom stereocenters. The average Bonchev–Trinajstić information content (AvgIpc) is 2.34. The van der Waals surface area contributed by atoms with Gasteiger partial charge in [0.05, 0.1) is 18.5 Å². The predicted molar refractivity (Wildman–Crippen MR) is 37.8 cm³/mol. The van der Waals surface area contributed by atoms with E-state index in [4.69, 9.17) is 10.4 Å². The number of nitriles is 1. The maximum absolute atomic E-state index is 10.2. The van der Waals surface area contributed by atoms with E-state index in [1.807, 2.05) is 0 Å². The van der Waals surface area contributed by atoms with Gasteiger partial charge < -0.3 is 5.11 Å². The van der Waals surface area contributed by atoms with E-state index in [1.165, 1.54) is 0 Å². The SMILES string of the molecule is N#CC1CCN(CC(=O)O)C1. The molecule has 1 aliphatic rings. The molecule has 1 aliphatic heterocycles. The number of likely N-dealkylation sites (tertiary alicyclic amines) is 1. The lowest BCUT2D eigenvalue weighted by molar-refractivity contribution is -0.138. The summed E-state index contributed by atoms with van der Waals surface area (Å²) >= 11 is 0. The standard InChI is InChI=1S/C7H10N2O2/c8-3-6-1-2-9(4-6)5-7(10)11/h6H,1-2,4-5H2,(H,10,11). The van der Waals surface area contributed by atoms with Crippen molar-refractivity contribution < 1.29 is 9.90 Å². The van der Waals surface area contributed by atoms with Crippen molar-refractivity contribution in [1.29, 1.82) is 5.26 Å². The minimum atomic E-state index is -0.816. The molecule has 1 atom stereocenters. The first kappa shape index (κ1) is 8.02. The molecule has 0 bridgehead atoms. The number of carboxylic acid groups (broad SMARTS) is 1. The lowest BCUT2D eigenvalue weighted by Gasteiger charge is -2.09. The number of carbonyl (C=O) groups is 1. The summed E-state index contributed by atoms with van der Waals surface area (Å²) in [6.07, 6.45) is 0.809. The lowest BCUT2D eigenvalue weighted by atomic mass is 10.1. The van der Waals surface area contributed by atoms with Crippen LogP contribution in [-0.2, 0) is 4.79 Å². The van der Waals surface area contributed by atoms with Crippen LogP contribution >= 0.6 is 0 Å². The molecule has 1 rings (SSSR count). The highest BCUT2D eigenvalue weighted by atomic mass is 16.4. The molecule has 1 saturated heterocycles. The smallest absolute Gasteiger partial charge is 0.317 e. The molecule has 0 aromatic heterocycles. The normalized spacial score (nSPS) is 24.8. The molecule has 0 saturated carbocycles. The maximum Gasteiger partial charge on any atom is 0.317 e. The number of rotatable bonds is 2. The Morgan fingerprint density at radius 2 is 2.55 bits per heavy atom. The quantitative estimate of drug-likeness (QED) is 0.604. The Hall–Kier alpha value is -1.08. The highest BCUT2D eigenvalue weighted by Gasteiger charge is 2.22. The van der Waals surface area contributed by atoms with E-state index in [-0.39, 0.29) is 12.5 Å². The van der Waals surface area contributed by atoms with Gasteiger partial charge in [-0.05, 0) is 6.42 Å². The molecule has 0 spiro atoms. The second-order valence-electron chi connectivity index (χ2n) is 2.74. The topological polar surface area (TPSA) is 64.3 Å². The molecular formula is C7H10N2O2. The zero-order valence-electron chi connectivity index (χ0n) is 6.16. The van der Waals surface area contributed by atoms with Gasteiger partial charge in [0.2, 0.25) is 0 Å². The number of hydrogen-bond donors (Lipinski definition) is 1. The van der Waals surface area contributed by atoms with Gasteiger partial charge in [0.15, 0.2) is 0 Å². The number of carboxylic acids is 1. The number of aliphatic carboxylic acids is 1. The summed E-state index contributed by atoms with van der Waals surface area (Å²) in [4.78, 5) is 12.0. The molecular weight excluding hydrogens is 144 g/mol. The first-order valence-corrected chi connectivity index (χ1v) is 3.56. The van der Waals surface area contributed by atoms with Gasteiger partial charge in [-0.25, -0.2) is 0 Å². The van der Waals surface area contributed by atoms with Crippen LogP contribution in [0, 0.1) is 17.2 Å². The van der Waals surface area contributed by atoms with Gasteiger partial charge >= 0.3 is 5.97 Å². The largest absolute Gasteiger partial charge is 0.480 e. The molecule has 60 valence electrons. The molecule has 1 fully saturated rings. The Morgan fingerprint density at radius 3 is 3.00 bits per heavy atom. The Labute approximate surface area is 65.0 Å². The highest BCUT2D eigenvalue weighted by molar-refractivity contribution is 5.69. The van der Waals surface area contributed by atoms with E-state index in [0.717, 1.165) is 13.0 Å². The van der Waals surface area contributed by atoms with E-state index in [9.17, 15) is 4.79 Å². The van der Waals surface area contributed by atoms with Crippen LogP contribution in [-0.4, -0.2) is 35.6 Å². The summed E-state index contributed by atoms with van der Waals surface area (Å²) in [5.41, 5.74) is 0. The van der Waals surface area contributed by atoms with Gasteiger partial charge in [-0.1, -0.05) is 0 Å². The third-order valence-corrected chi connectivity index (χ3v) is 1.81. The van der Waals surface area contributed by atoms with Crippen LogP contribution in [0.15, 0.2) is 0 Å². The van der Waals surface area contributed by atoms with Crippen molar-refractivity contribution in [3.63, 3.8) is 0 Å². The summed E-state index contributed by atoms with van der Waals surface area (Å²) in [7, 11) is 0. The average molecular weight is 154 g/mol. The monoisotopic (exact) mass is 154 g/mol.